The first kappa shape index (κ1) is 13.5. The molecule has 6 nitrogen and oxygen atoms in total. The Balaban J connectivity index is 0.00000144. The smallest absolute Gasteiger partial charge is 0.314 e. The van der Waals surface area contributed by atoms with Crippen LogP contribution in [0.1, 0.15) is 18.0 Å². The number of hydrogen-bond donors (Lipinski definition) is 2. The van der Waals surface area contributed by atoms with Crippen LogP contribution in [0.3, 0.4) is 0 Å². The van der Waals surface area contributed by atoms with Gasteiger partial charge in [0.05, 0.1) is 12.0 Å². The maximum absolute atomic E-state index is 10.7. The van der Waals surface area contributed by atoms with Gasteiger partial charge in [-0.1, -0.05) is 0 Å². The van der Waals surface area contributed by atoms with Crippen LogP contribution in [0.2, 0.25) is 0 Å². The van der Waals surface area contributed by atoms with E-state index in [9.17, 15) is 15.2 Å². The summed E-state index contributed by atoms with van der Waals surface area (Å²) in [4.78, 5) is 10.1. The molecule has 1 aliphatic heterocycles. The third-order valence-electron chi connectivity index (χ3n) is 2.72. The van der Waals surface area contributed by atoms with E-state index in [1.807, 2.05) is 0 Å². The fourth-order valence-electron chi connectivity index (χ4n) is 1.68. The number of phenolic OH excluding ortho intramolecular Hbond substituents is 1. The number of aromatic hydroxyl groups is 1. The summed E-state index contributed by atoms with van der Waals surface area (Å²) in [5.74, 6) is -0.284. The van der Waals surface area contributed by atoms with Crippen molar-refractivity contribution in [3.63, 3.8) is 0 Å². The molecule has 0 aromatic heterocycles. The second kappa shape index (κ2) is 5.20. The van der Waals surface area contributed by atoms with E-state index in [0.29, 0.717) is 0 Å². The fraction of sp³-hybridized carbons (Fsp3) is 0.400. The Hall–Kier alpha value is -1.53. The maximum Gasteiger partial charge on any atom is 0.314 e. The zero-order valence-corrected chi connectivity index (χ0v) is 9.99. The lowest BCUT2D eigenvalue weighted by Gasteiger charge is -2.28. The molecule has 1 fully saturated rings. The normalized spacial score (nSPS) is 17.8. The molecule has 1 aromatic rings. The highest BCUT2D eigenvalue weighted by Gasteiger charge is 2.25. The lowest BCUT2D eigenvalue weighted by atomic mass is 9.97. The number of halogens is 1. The molecule has 0 radical (unpaired) electrons. The second-order valence-corrected chi connectivity index (χ2v) is 3.64. The van der Waals surface area contributed by atoms with Gasteiger partial charge in [-0.3, -0.25) is 10.1 Å². The van der Waals surface area contributed by atoms with Crippen molar-refractivity contribution in [2.24, 2.45) is 0 Å². The van der Waals surface area contributed by atoms with Crippen LogP contribution in [0.5, 0.6) is 11.5 Å². The van der Waals surface area contributed by atoms with Crippen LogP contribution in [0, 0.1) is 10.1 Å². The third kappa shape index (κ3) is 2.42. The predicted molar refractivity (Wildman–Crippen MR) is 63.9 cm³/mol. The van der Waals surface area contributed by atoms with Gasteiger partial charge in [0.2, 0.25) is 5.75 Å². The molecule has 0 unspecified atom stereocenters. The first-order chi connectivity index (χ1) is 7.63. The van der Waals surface area contributed by atoms with Crippen molar-refractivity contribution < 1.29 is 14.8 Å². The highest BCUT2D eigenvalue weighted by molar-refractivity contribution is 5.85. The molecule has 1 heterocycles. The van der Waals surface area contributed by atoms with Gasteiger partial charge in [-0.05, 0) is 24.6 Å². The number of ether oxygens (including phenoxy) is 1. The average molecular weight is 261 g/mol. The third-order valence-corrected chi connectivity index (χ3v) is 2.72. The van der Waals surface area contributed by atoms with Gasteiger partial charge in [0.25, 0.3) is 0 Å². The Bertz CT molecular complexity index is 435. The van der Waals surface area contributed by atoms with Crippen molar-refractivity contribution in [3.05, 3.63) is 27.8 Å². The molecule has 1 aromatic carbocycles. The molecule has 0 saturated carbocycles. The van der Waals surface area contributed by atoms with Crippen LogP contribution in [-0.4, -0.2) is 23.7 Å². The topological polar surface area (TPSA) is 84.6 Å². The minimum absolute atomic E-state index is 0. The van der Waals surface area contributed by atoms with Crippen LogP contribution in [0.15, 0.2) is 12.1 Å². The van der Waals surface area contributed by atoms with Gasteiger partial charge < -0.3 is 15.2 Å². The maximum atomic E-state index is 10.7. The van der Waals surface area contributed by atoms with Crippen LogP contribution in [0.25, 0.3) is 0 Å². The van der Waals surface area contributed by atoms with E-state index in [-0.39, 0.29) is 29.9 Å². The molecule has 94 valence electrons. The number of benzene rings is 1. The summed E-state index contributed by atoms with van der Waals surface area (Å²) in [5.41, 5.74) is 0.454. The first-order valence-corrected chi connectivity index (χ1v) is 4.92. The second-order valence-electron chi connectivity index (χ2n) is 3.64. The first-order valence-electron chi connectivity index (χ1n) is 4.92. The number of hydrogen-bond acceptors (Lipinski definition) is 5. The van der Waals surface area contributed by atoms with Crippen molar-refractivity contribution in [3.8, 4) is 11.5 Å². The highest BCUT2D eigenvalue weighted by atomic mass is 35.5. The Morgan fingerprint density at radius 2 is 2.24 bits per heavy atom. The lowest BCUT2D eigenvalue weighted by Crippen LogP contribution is -2.34. The number of phenols is 1. The van der Waals surface area contributed by atoms with Gasteiger partial charge in [0.1, 0.15) is 0 Å². The summed E-state index contributed by atoms with van der Waals surface area (Å²) in [5, 5.41) is 23.4. The Morgan fingerprint density at radius 3 is 2.65 bits per heavy atom. The predicted octanol–water partition coefficient (Wildman–Crippen LogP) is 1.77. The van der Waals surface area contributed by atoms with Gasteiger partial charge in [0, 0.05) is 12.1 Å². The van der Waals surface area contributed by atoms with Gasteiger partial charge >= 0.3 is 5.69 Å². The molecule has 0 bridgehead atoms. The van der Waals surface area contributed by atoms with Crippen LogP contribution >= 0.6 is 12.4 Å². The van der Waals surface area contributed by atoms with Crippen molar-refractivity contribution in [1.29, 1.82) is 0 Å². The van der Waals surface area contributed by atoms with Crippen molar-refractivity contribution in [2.45, 2.75) is 12.5 Å². The van der Waals surface area contributed by atoms with Gasteiger partial charge in [-0.2, -0.15) is 0 Å². The average Bonchev–Trinajstić information content (AvgIpc) is 2.17. The van der Waals surface area contributed by atoms with Crippen molar-refractivity contribution in [2.75, 3.05) is 13.7 Å². The monoisotopic (exact) mass is 260 g/mol. The van der Waals surface area contributed by atoms with Gasteiger partial charge in [-0.25, -0.2) is 0 Å². The van der Waals surface area contributed by atoms with Crippen LogP contribution in [0.4, 0.5) is 5.69 Å². The molecular weight excluding hydrogens is 248 g/mol. The molecule has 0 aliphatic carbocycles. The zero-order valence-electron chi connectivity index (χ0n) is 9.17. The minimum Gasteiger partial charge on any atom is -0.500 e. The summed E-state index contributed by atoms with van der Waals surface area (Å²) in [7, 11) is 1.37. The van der Waals surface area contributed by atoms with E-state index in [2.05, 4.69) is 5.32 Å². The molecule has 0 spiro atoms. The number of rotatable bonds is 3. The van der Waals surface area contributed by atoms with E-state index in [1.165, 1.54) is 13.2 Å². The number of methoxy groups -OCH3 is 1. The molecule has 1 aliphatic rings. The molecule has 2 rings (SSSR count). The van der Waals surface area contributed by atoms with E-state index < -0.39 is 10.7 Å². The molecule has 2 N–H and O–H groups in total. The summed E-state index contributed by atoms with van der Waals surface area (Å²) >= 11 is 0. The van der Waals surface area contributed by atoms with Gasteiger partial charge in [0.15, 0.2) is 5.75 Å². The van der Waals surface area contributed by atoms with Gasteiger partial charge in [-0.15, -0.1) is 12.4 Å². The van der Waals surface area contributed by atoms with Crippen LogP contribution in [-0.2, 0) is 0 Å². The SMILES string of the molecule is COc1cc([C@H]2CCN2)cc([N+](=O)[O-])c1O.Cl. The van der Waals surface area contributed by atoms with E-state index in [0.717, 1.165) is 18.5 Å². The molecular formula is C10H13ClN2O4. The summed E-state index contributed by atoms with van der Waals surface area (Å²) in [6.07, 6.45) is 0.936. The zero-order chi connectivity index (χ0) is 11.7. The Kier molecular flexibility index (Phi) is 4.14. The van der Waals surface area contributed by atoms with E-state index in [1.54, 1.807) is 6.07 Å². The van der Waals surface area contributed by atoms with E-state index in [4.69, 9.17) is 4.74 Å². The quantitative estimate of drug-likeness (QED) is 0.639. The molecule has 0 amide bonds. The van der Waals surface area contributed by atoms with Crippen LogP contribution < -0.4 is 10.1 Å². The minimum atomic E-state index is -0.611. The lowest BCUT2D eigenvalue weighted by molar-refractivity contribution is -0.386. The molecule has 1 atom stereocenters. The number of nitrogens with zero attached hydrogens (tertiary/aromatic N) is 1. The highest BCUT2D eigenvalue weighted by Crippen LogP contribution is 2.39. The molecule has 17 heavy (non-hydrogen) atoms. The summed E-state index contributed by atoms with van der Waals surface area (Å²) < 4.78 is 4.91. The fourth-order valence-corrected chi connectivity index (χ4v) is 1.68. The number of nitrogens with one attached hydrogen (secondary N) is 1. The van der Waals surface area contributed by atoms with Crippen molar-refractivity contribution >= 4 is 18.1 Å². The van der Waals surface area contributed by atoms with Crippen molar-refractivity contribution in [1.82, 2.24) is 5.32 Å². The summed E-state index contributed by atoms with van der Waals surface area (Å²) in [6, 6.07) is 3.13. The summed E-state index contributed by atoms with van der Waals surface area (Å²) in [6.45, 7) is 0.904. The number of nitro groups is 1. The Morgan fingerprint density at radius 1 is 1.59 bits per heavy atom. The Labute approximate surface area is 104 Å². The standard InChI is InChI=1S/C10H12N2O4.ClH/c1-16-9-5-6(7-2-3-11-7)4-8(10(9)13)12(14)15;/h4-5,7,11,13H,2-3H2,1H3;1H/t7-;/m1./s1. The number of nitro benzene ring substituents is 1. The molecule has 1 saturated heterocycles. The molecule has 7 heteroatoms. The largest absolute Gasteiger partial charge is 0.500 e. The van der Waals surface area contributed by atoms with E-state index >= 15 is 0 Å².